The molecular formula is C12H25N3O2. The van der Waals surface area contributed by atoms with Gasteiger partial charge >= 0.3 is 0 Å². The lowest BCUT2D eigenvalue weighted by atomic mass is 9.67. The van der Waals surface area contributed by atoms with Gasteiger partial charge in [0.1, 0.15) is 6.10 Å². The first-order valence-electron chi connectivity index (χ1n) is 6.43. The van der Waals surface area contributed by atoms with E-state index in [2.05, 4.69) is 17.4 Å². The number of rotatable bonds is 8. The largest absolute Gasteiger partial charge is 0.409 e. The minimum atomic E-state index is -0.328. The van der Waals surface area contributed by atoms with E-state index in [9.17, 15) is 0 Å². The van der Waals surface area contributed by atoms with Crippen LogP contribution in [-0.4, -0.2) is 36.8 Å². The second kappa shape index (κ2) is 6.81. The number of hydrogen-bond donors (Lipinski definition) is 3. The lowest BCUT2D eigenvalue weighted by molar-refractivity contribution is 0.0929. The molecule has 0 amide bonds. The highest BCUT2D eigenvalue weighted by molar-refractivity contribution is 5.83. The molecule has 17 heavy (non-hydrogen) atoms. The van der Waals surface area contributed by atoms with E-state index in [-0.39, 0.29) is 11.9 Å². The zero-order valence-corrected chi connectivity index (χ0v) is 10.9. The summed E-state index contributed by atoms with van der Waals surface area (Å²) in [5.41, 5.74) is 5.95. The van der Waals surface area contributed by atoms with E-state index in [0.717, 1.165) is 13.1 Å². The molecule has 0 spiro atoms. The van der Waals surface area contributed by atoms with Crippen molar-refractivity contribution < 1.29 is 9.94 Å². The van der Waals surface area contributed by atoms with Gasteiger partial charge < -0.3 is 21.0 Å². The Labute approximate surface area is 103 Å². The van der Waals surface area contributed by atoms with E-state index in [4.69, 9.17) is 15.7 Å². The molecule has 5 heteroatoms. The van der Waals surface area contributed by atoms with Crippen LogP contribution in [-0.2, 0) is 4.74 Å². The first-order chi connectivity index (χ1) is 8.13. The van der Waals surface area contributed by atoms with Gasteiger partial charge in [-0.15, -0.1) is 0 Å². The van der Waals surface area contributed by atoms with Crippen molar-refractivity contribution in [2.24, 2.45) is 16.3 Å². The van der Waals surface area contributed by atoms with Crippen molar-refractivity contribution in [3.8, 4) is 0 Å². The normalized spacial score (nSPS) is 20.9. The summed E-state index contributed by atoms with van der Waals surface area (Å²) in [7, 11) is 0. The zero-order chi connectivity index (χ0) is 12.7. The van der Waals surface area contributed by atoms with E-state index >= 15 is 0 Å². The quantitative estimate of drug-likeness (QED) is 0.197. The summed E-state index contributed by atoms with van der Waals surface area (Å²) in [6, 6.07) is 0. The van der Waals surface area contributed by atoms with Crippen molar-refractivity contribution in [2.75, 3.05) is 19.7 Å². The molecule has 4 N–H and O–H groups in total. The Balaban J connectivity index is 2.05. The first kappa shape index (κ1) is 14.3. The predicted molar refractivity (Wildman–Crippen MR) is 68.3 cm³/mol. The molecular weight excluding hydrogens is 218 g/mol. The number of oxime groups is 1. The molecule has 0 aromatic heterocycles. The second-order valence-corrected chi connectivity index (χ2v) is 4.92. The number of amidine groups is 1. The maximum Gasteiger partial charge on any atom is 0.168 e. The van der Waals surface area contributed by atoms with Crippen molar-refractivity contribution in [3.05, 3.63) is 0 Å². The van der Waals surface area contributed by atoms with Crippen molar-refractivity contribution in [1.82, 2.24) is 5.32 Å². The van der Waals surface area contributed by atoms with Crippen LogP contribution < -0.4 is 11.1 Å². The first-order valence-corrected chi connectivity index (χ1v) is 6.43. The predicted octanol–water partition coefficient (Wildman–Crippen LogP) is 1.31. The van der Waals surface area contributed by atoms with Gasteiger partial charge in [0.05, 0.1) is 6.61 Å². The van der Waals surface area contributed by atoms with Crippen molar-refractivity contribution >= 4 is 5.84 Å². The molecule has 1 unspecified atom stereocenters. The third kappa shape index (κ3) is 4.16. The Morgan fingerprint density at radius 2 is 2.29 bits per heavy atom. The molecule has 0 aromatic rings. The van der Waals surface area contributed by atoms with Gasteiger partial charge in [-0.2, -0.15) is 0 Å². The van der Waals surface area contributed by atoms with Gasteiger partial charge in [-0.05, 0) is 31.6 Å². The maximum absolute atomic E-state index is 8.45. The van der Waals surface area contributed by atoms with E-state index in [1.165, 1.54) is 25.7 Å². The molecule has 1 rings (SSSR count). The average molecular weight is 243 g/mol. The van der Waals surface area contributed by atoms with Gasteiger partial charge in [0, 0.05) is 13.1 Å². The molecule has 0 aliphatic heterocycles. The van der Waals surface area contributed by atoms with Crippen LogP contribution in [0, 0.1) is 5.41 Å². The van der Waals surface area contributed by atoms with Crippen LogP contribution >= 0.6 is 0 Å². The Hall–Kier alpha value is -0.810. The van der Waals surface area contributed by atoms with Crippen LogP contribution in [0.3, 0.4) is 0 Å². The highest BCUT2D eigenvalue weighted by Crippen LogP contribution is 2.42. The molecule has 1 aliphatic rings. The Kier molecular flexibility index (Phi) is 5.71. The number of nitrogens with two attached hydrogens (primary N) is 1. The molecule has 0 heterocycles. The number of hydrogen-bond acceptors (Lipinski definition) is 4. The van der Waals surface area contributed by atoms with Gasteiger partial charge in [0.15, 0.2) is 5.84 Å². The summed E-state index contributed by atoms with van der Waals surface area (Å²) in [5.74, 6) is 0.119. The molecule has 1 aliphatic carbocycles. The van der Waals surface area contributed by atoms with Gasteiger partial charge in [0.2, 0.25) is 0 Å². The summed E-state index contributed by atoms with van der Waals surface area (Å²) >= 11 is 0. The molecule has 1 atom stereocenters. The van der Waals surface area contributed by atoms with Crippen molar-refractivity contribution in [1.29, 1.82) is 0 Å². The van der Waals surface area contributed by atoms with Gasteiger partial charge in [0.25, 0.3) is 0 Å². The third-order valence-electron chi connectivity index (χ3n) is 3.84. The summed E-state index contributed by atoms with van der Waals surface area (Å²) in [6.07, 6.45) is 4.98. The van der Waals surface area contributed by atoms with Crippen LogP contribution in [0.15, 0.2) is 5.16 Å². The molecule has 5 nitrogen and oxygen atoms in total. The van der Waals surface area contributed by atoms with Gasteiger partial charge in [-0.3, -0.25) is 0 Å². The standard InChI is InChI=1S/C12H25N3O2/c1-3-12(5-4-6-12)9-14-7-8-17-10(2)11(13)15-16/h10,14,16H,3-9H2,1-2H3,(H2,13,15). The van der Waals surface area contributed by atoms with Crippen LogP contribution in [0.2, 0.25) is 0 Å². The monoisotopic (exact) mass is 243 g/mol. The minimum absolute atomic E-state index is 0.119. The molecule has 0 radical (unpaired) electrons. The Morgan fingerprint density at radius 1 is 1.59 bits per heavy atom. The molecule has 1 saturated carbocycles. The van der Waals surface area contributed by atoms with Gasteiger partial charge in [-0.1, -0.05) is 18.5 Å². The number of nitrogens with one attached hydrogen (secondary N) is 1. The summed E-state index contributed by atoms with van der Waals surface area (Å²) in [6.45, 7) is 6.50. The minimum Gasteiger partial charge on any atom is -0.409 e. The smallest absolute Gasteiger partial charge is 0.168 e. The van der Waals surface area contributed by atoms with Crippen molar-refractivity contribution in [2.45, 2.75) is 45.6 Å². The van der Waals surface area contributed by atoms with E-state index in [1.807, 2.05) is 0 Å². The lowest BCUT2D eigenvalue weighted by Crippen LogP contribution is -2.41. The number of ether oxygens (including phenoxy) is 1. The molecule has 0 bridgehead atoms. The third-order valence-corrected chi connectivity index (χ3v) is 3.84. The highest BCUT2D eigenvalue weighted by Gasteiger charge is 2.34. The van der Waals surface area contributed by atoms with E-state index in [1.54, 1.807) is 6.92 Å². The topological polar surface area (TPSA) is 79.9 Å². The molecule has 100 valence electrons. The fraction of sp³-hybridized carbons (Fsp3) is 0.917. The van der Waals surface area contributed by atoms with Crippen LogP contribution in [0.4, 0.5) is 0 Å². The van der Waals surface area contributed by atoms with Crippen LogP contribution in [0.5, 0.6) is 0 Å². The second-order valence-electron chi connectivity index (χ2n) is 4.92. The maximum atomic E-state index is 8.45. The number of nitrogens with zero attached hydrogens (tertiary/aromatic N) is 1. The fourth-order valence-corrected chi connectivity index (χ4v) is 2.16. The summed E-state index contributed by atoms with van der Waals surface area (Å²) in [4.78, 5) is 0. The average Bonchev–Trinajstić information content (AvgIpc) is 2.30. The summed E-state index contributed by atoms with van der Waals surface area (Å²) in [5, 5.41) is 14.8. The summed E-state index contributed by atoms with van der Waals surface area (Å²) < 4.78 is 5.42. The molecule has 1 fully saturated rings. The van der Waals surface area contributed by atoms with Crippen LogP contribution in [0.1, 0.15) is 39.5 Å². The van der Waals surface area contributed by atoms with Crippen molar-refractivity contribution in [3.63, 3.8) is 0 Å². The fourth-order valence-electron chi connectivity index (χ4n) is 2.16. The highest BCUT2D eigenvalue weighted by atomic mass is 16.5. The molecule has 0 aromatic carbocycles. The SMILES string of the molecule is CCC1(CNCCOC(C)C(N)=NO)CCC1. The van der Waals surface area contributed by atoms with Gasteiger partial charge in [-0.25, -0.2) is 0 Å². The Morgan fingerprint density at radius 3 is 2.76 bits per heavy atom. The Bertz CT molecular complexity index is 247. The van der Waals surface area contributed by atoms with E-state index < -0.39 is 0 Å². The van der Waals surface area contributed by atoms with E-state index in [0.29, 0.717) is 12.0 Å². The zero-order valence-electron chi connectivity index (χ0n) is 10.9. The lowest BCUT2D eigenvalue weighted by Gasteiger charge is -2.41. The van der Waals surface area contributed by atoms with Crippen LogP contribution in [0.25, 0.3) is 0 Å². The molecule has 0 saturated heterocycles.